The minimum atomic E-state index is 0.0840. The maximum Gasteiger partial charge on any atom is 0.156 e. The number of likely N-dealkylation sites (tertiary alicyclic amines) is 1. The first-order valence-corrected chi connectivity index (χ1v) is 7.90. The molecule has 0 amide bonds. The lowest BCUT2D eigenvalue weighted by molar-refractivity contribution is 0.106. The smallest absolute Gasteiger partial charge is 0.156 e. The fourth-order valence-electron chi connectivity index (χ4n) is 3.31. The van der Waals surface area contributed by atoms with Crippen LogP contribution in [0.1, 0.15) is 26.2 Å². The molecule has 2 fully saturated rings. The second-order valence-corrected chi connectivity index (χ2v) is 5.88. The number of piperazine rings is 1. The summed E-state index contributed by atoms with van der Waals surface area (Å²) in [7, 11) is 0. The maximum atomic E-state index is 8.84. The molecule has 2 heterocycles. The van der Waals surface area contributed by atoms with E-state index in [1.807, 2.05) is 0 Å². The number of rotatable bonds is 6. The van der Waals surface area contributed by atoms with Gasteiger partial charge < -0.3 is 15.8 Å². The lowest BCUT2D eigenvalue weighted by Crippen LogP contribution is -2.54. The Hall–Kier alpha value is -0.850. The van der Waals surface area contributed by atoms with Crippen molar-refractivity contribution in [2.75, 3.05) is 52.4 Å². The molecular formula is C14H29N5O. The Kier molecular flexibility index (Phi) is 6.06. The Labute approximate surface area is 122 Å². The van der Waals surface area contributed by atoms with E-state index in [2.05, 4.69) is 26.8 Å². The minimum Gasteiger partial charge on any atom is -0.409 e. The van der Waals surface area contributed by atoms with Crippen molar-refractivity contribution in [3.63, 3.8) is 0 Å². The van der Waals surface area contributed by atoms with Gasteiger partial charge in [0.1, 0.15) is 0 Å². The van der Waals surface area contributed by atoms with Crippen LogP contribution >= 0.6 is 0 Å². The van der Waals surface area contributed by atoms with Crippen LogP contribution in [0.3, 0.4) is 0 Å². The van der Waals surface area contributed by atoms with Crippen LogP contribution in [0, 0.1) is 0 Å². The van der Waals surface area contributed by atoms with Crippen molar-refractivity contribution in [2.24, 2.45) is 10.9 Å². The molecule has 0 aromatic carbocycles. The monoisotopic (exact) mass is 283 g/mol. The molecule has 0 aromatic heterocycles. The summed E-state index contributed by atoms with van der Waals surface area (Å²) in [6.07, 6.45) is 3.63. The largest absolute Gasteiger partial charge is 0.409 e. The maximum absolute atomic E-state index is 8.84. The normalized spacial score (nSPS) is 25.1. The van der Waals surface area contributed by atoms with E-state index in [0.717, 1.165) is 32.6 Å². The van der Waals surface area contributed by atoms with Crippen LogP contribution in [0.15, 0.2) is 5.16 Å². The number of hydrogen-bond acceptors (Lipinski definition) is 5. The number of nitrogens with two attached hydrogens (primary N) is 1. The molecule has 1 atom stereocenters. The van der Waals surface area contributed by atoms with Crippen molar-refractivity contribution >= 4 is 5.84 Å². The molecule has 2 aliphatic heterocycles. The summed E-state index contributed by atoms with van der Waals surface area (Å²) in [5, 5.41) is 12.0. The summed E-state index contributed by atoms with van der Waals surface area (Å²) in [4.78, 5) is 7.44. The molecule has 20 heavy (non-hydrogen) atoms. The van der Waals surface area contributed by atoms with Crippen LogP contribution in [0.5, 0.6) is 0 Å². The number of nitrogens with zero attached hydrogens (tertiary/aromatic N) is 4. The van der Waals surface area contributed by atoms with E-state index in [0.29, 0.717) is 5.84 Å². The first-order chi connectivity index (χ1) is 9.74. The SMILES string of the molecule is CCC(C(N)=NO)N1CCN(CCN2CCCC2)CC1. The second-order valence-electron chi connectivity index (χ2n) is 5.88. The zero-order valence-electron chi connectivity index (χ0n) is 12.7. The molecule has 2 rings (SSSR count). The van der Waals surface area contributed by atoms with Crippen molar-refractivity contribution in [2.45, 2.75) is 32.2 Å². The summed E-state index contributed by atoms with van der Waals surface area (Å²) in [6.45, 7) is 11.2. The number of hydrogen-bond donors (Lipinski definition) is 2. The van der Waals surface area contributed by atoms with E-state index in [1.54, 1.807) is 0 Å². The zero-order valence-corrected chi connectivity index (χ0v) is 12.7. The predicted octanol–water partition coefficient (Wildman–Crippen LogP) is 0.225. The second kappa shape index (κ2) is 7.81. The third-order valence-electron chi connectivity index (χ3n) is 4.62. The Morgan fingerprint density at radius 1 is 1.05 bits per heavy atom. The van der Waals surface area contributed by atoms with Crippen LogP contribution in [0.4, 0.5) is 0 Å². The average molecular weight is 283 g/mol. The first kappa shape index (κ1) is 15.5. The molecule has 0 radical (unpaired) electrons. The van der Waals surface area contributed by atoms with Crippen molar-refractivity contribution in [1.29, 1.82) is 0 Å². The van der Waals surface area contributed by atoms with Gasteiger partial charge in [-0.2, -0.15) is 0 Å². The lowest BCUT2D eigenvalue weighted by atomic mass is 10.1. The lowest BCUT2D eigenvalue weighted by Gasteiger charge is -2.38. The topological polar surface area (TPSA) is 68.3 Å². The van der Waals surface area contributed by atoms with Crippen LogP contribution in [-0.4, -0.2) is 84.1 Å². The van der Waals surface area contributed by atoms with Crippen LogP contribution < -0.4 is 5.73 Å². The van der Waals surface area contributed by atoms with Gasteiger partial charge in [-0.15, -0.1) is 0 Å². The average Bonchev–Trinajstić information content (AvgIpc) is 3.00. The third kappa shape index (κ3) is 4.07. The van der Waals surface area contributed by atoms with Gasteiger partial charge in [0.25, 0.3) is 0 Å². The highest BCUT2D eigenvalue weighted by Crippen LogP contribution is 2.11. The van der Waals surface area contributed by atoms with E-state index in [4.69, 9.17) is 10.9 Å². The van der Waals surface area contributed by atoms with Crippen LogP contribution in [0.2, 0.25) is 0 Å². The fraction of sp³-hybridized carbons (Fsp3) is 0.929. The molecule has 6 nitrogen and oxygen atoms in total. The summed E-state index contributed by atoms with van der Waals surface area (Å²) in [6, 6.07) is 0.0840. The molecule has 116 valence electrons. The summed E-state index contributed by atoms with van der Waals surface area (Å²) in [5.74, 6) is 0.345. The molecule has 3 N–H and O–H groups in total. The molecule has 1 unspecified atom stereocenters. The van der Waals surface area contributed by atoms with Gasteiger partial charge in [0.05, 0.1) is 6.04 Å². The molecular weight excluding hydrogens is 254 g/mol. The van der Waals surface area contributed by atoms with E-state index >= 15 is 0 Å². The summed E-state index contributed by atoms with van der Waals surface area (Å²) < 4.78 is 0. The Balaban J connectivity index is 1.71. The van der Waals surface area contributed by atoms with Crippen molar-refractivity contribution < 1.29 is 5.21 Å². The molecule has 0 aliphatic carbocycles. The van der Waals surface area contributed by atoms with Crippen molar-refractivity contribution in [3.05, 3.63) is 0 Å². The first-order valence-electron chi connectivity index (χ1n) is 7.90. The molecule has 0 spiro atoms. The molecule has 0 bridgehead atoms. The molecule has 6 heteroatoms. The van der Waals surface area contributed by atoms with E-state index < -0.39 is 0 Å². The third-order valence-corrected chi connectivity index (χ3v) is 4.62. The highest BCUT2D eigenvalue weighted by atomic mass is 16.4. The number of amidine groups is 1. The van der Waals surface area contributed by atoms with E-state index in [9.17, 15) is 0 Å². The van der Waals surface area contributed by atoms with E-state index in [1.165, 1.54) is 39.0 Å². The standard InChI is InChI=1S/C14H29N5O/c1-2-13(14(15)16-20)19-11-9-18(10-12-19)8-7-17-5-3-4-6-17/h13,20H,2-12H2,1H3,(H2,15,16). The van der Waals surface area contributed by atoms with Gasteiger partial charge in [0.2, 0.25) is 0 Å². The number of oxime groups is 1. The zero-order chi connectivity index (χ0) is 14.4. The fourth-order valence-corrected chi connectivity index (χ4v) is 3.31. The van der Waals surface area contributed by atoms with Gasteiger partial charge in [-0.25, -0.2) is 0 Å². The molecule has 0 aromatic rings. The molecule has 2 aliphatic rings. The van der Waals surface area contributed by atoms with Gasteiger partial charge in [0.15, 0.2) is 5.84 Å². The Morgan fingerprint density at radius 2 is 1.60 bits per heavy atom. The van der Waals surface area contributed by atoms with Gasteiger partial charge >= 0.3 is 0 Å². The highest BCUT2D eigenvalue weighted by Gasteiger charge is 2.25. The Morgan fingerprint density at radius 3 is 2.10 bits per heavy atom. The molecule has 0 saturated carbocycles. The van der Waals surface area contributed by atoms with Gasteiger partial charge in [-0.3, -0.25) is 9.80 Å². The van der Waals surface area contributed by atoms with Gasteiger partial charge in [0, 0.05) is 39.3 Å². The van der Waals surface area contributed by atoms with Gasteiger partial charge in [-0.1, -0.05) is 12.1 Å². The van der Waals surface area contributed by atoms with Crippen LogP contribution in [-0.2, 0) is 0 Å². The predicted molar refractivity (Wildman–Crippen MR) is 81.2 cm³/mol. The summed E-state index contributed by atoms with van der Waals surface area (Å²) >= 11 is 0. The quantitative estimate of drug-likeness (QED) is 0.316. The van der Waals surface area contributed by atoms with Crippen molar-refractivity contribution in [1.82, 2.24) is 14.7 Å². The van der Waals surface area contributed by atoms with E-state index in [-0.39, 0.29) is 6.04 Å². The van der Waals surface area contributed by atoms with Gasteiger partial charge in [-0.05, 0) is 32.4 Å². The minimum absolute atomic E-state index is 0.0840. The molecule has 2 saturated heterocycles. The summed E-state index contributed by atoms with van der Waals surface area (Å²) in [5.41, 5.74) is 5.77. The highest BCUT2D eigenvalue weighted by molar-refractivity contribution is 5.85. The van der Waals surface area contributed by atoms with Crippen molar-refractivity contribution in [3.8, 4) is 0 Å². The Bertz CT molecular complexity index is 309. The van der Waals surface area contributed by atoms with Crippen LogP contribution in [0.25, 0.3) is 0 Å².